The van der Waals surface area contributed by atoms with Gasteiger partial charge in [-0.05, 0) is 36.6 Å². The van der Waals surface area contributed by atoms with Crippen molar-refractivity contribution >= 4 is 0 Å². The molecule has 0 aliphatic heterocycles. The van der Waals surface area contributed by atoms with E-state index in [0.717, 1.165) is 18.7 Å². The highest BCUT2D eigenvalue weighted by Crippen LogP contribution is 2.17. The van der Waals surface area contributed by atoms with Crippen molar-refractivity contribution in [1.82, 2.24) is 5.32 Å². The van der Waals surface area contributed by atoms with Crippen molar-refractivity contribution in [2.75, 3.05) is 13.1 Å². The Labute approximate surface area is 85.3 Å². The third-order valence-electron chi connectivity index (χ3n) is 2.47. The summed E-state index contributed by atoms with van der Waals surface area (Å²) in [5, 5.41) is 3.26. The van der Waals surface area contributed by atoms with Crippen LogP contribution in [0.4, 0.5) is 4.39 Å². The van der Waals surface area contributed by atoms with Gasteiger partial charge >= 0.3 is 0 Å². The summed E-state index contributed by atoms with van der Waals surface area (Å²) >= 11 is 0. The number of halogens is 1. The van der Waals surface area contributed by atoms with Crippen molar-refractivity contribution in [3.63, 3.8) is 0 Å². The molecule has 1 unspecified atom stereocenters. The summed E-state index contributed by atoms with van der Waals surface area (Å²) in [4.78, 5) is 0. The van der Waals surface area contributed by atoms with Gasteiger partial charge in [0.2, 0.25) is 0 Å². The molecule has 0 aliphatic carbocycles. The smallest absolute Gasteiger partial charge is 0.126 e. The highest BCUT2D eigenvalue weighted by Gasteiger charge is 2.06. The van der Waals surface area contributed by atoms with E-state index in [9.17, 15) is 4.39 Å². The van der Waals surface area contributed by atoms with Crippen molar-refractivity contribution in [3.8, 4) is 0 Å². The monoisotopic (exact) mass is 195 g/mol. The van der Waals surface area contributed by atoms with Crippen LogP contribution < -0.4 is 5.32 Å². The standard InChI is InChI=1S/C12H18FN/c1-4-14-8-10(3)11-6-5-9(2)12(13)7-11/h5-7,10,14H,4,8H2,1-3H3. The zero-order chi connectivity index (χ0) is 10.6. The summed E-state index contributed by atoms with van der Waals surface area (Å²) in [7, 11) is 0. The summed E-state index contributed by atoms with van der Waals surface area (Å²) in [5.41, 5.74) is 1.78. The number of nitrogens with one attached hydrogen (secondary N) is 1. The average Bonchev–Trinajstić information content (AvgIpc) is 2.18. The molecule has 78 valence electrons. The van der Waals surface area contributed by atoms with Crippen LogP contribution in [0.5, 0.6) is 0 Å². The van der Waals surface area contributed by atoms with E-state index in [4.69, 9.17) is 0 Å². The van der Waals surface area contributed by atoms with Crippen LogP contribution in [-0.2, 0) is 0 Å². The van der Waals surface area contributed by atoms with Gasteiger partial charge in [-0.1, -0.05) is 26.0 Å². The molecule has 1 nitrogen and oxygen atoms in total. The summed E-state index contributed by atoms with van der Waals surface area (Å²) in [6.45, 7) is 7.82. The molecule has 1 aromatic carbocycles. The van der Waals surface area contributed by atoms with E-state index in [2.05, 4.69) is 19.2 Å². The molecule has 0 aliphatic rings. The molecule has 0 heterocycles. The van der Waals surface area contributed by atoms with Crippen molar-refractivity contribution < 1.29 is 4.39 Å². The molecular formula is C12H18FN. The Hall–Kier alpha value is -0.890. The molecule has 2 heteroatoms. The molecule has 0 aromatic heterocycles. The van der Waals surface area contributed by atoms with Crippen LogP contribution >= 0.6 is 0 Å². The van der Waals surface area contributed by atoms with Crippen LogP contribution in [0.1, 0.15) is 30.9 Å². The maximum absolute atomic E-state index is 13.2. The van der Waals surface area contributed by atoms with Gasteiger partial charge in [0.25, 0.3) is 0 Å². The maximum atomic E-state index is 13.2. The first kappa shape index (κ1) is 11.2. The molecule has 14 heavy (non-hydrogen) atoms. The molecule has 0 saturated carbocycles. The van der Waals surface area contributed by atoms with Crippen LogP contribution in [0, 0.1) is 12.7 Å². The summed E-state index contributed by atoms with van der Waals surface area (Å²) in [6, 6.07) is 5.48. The van der Waals surface area contributed by atoms with Crippen LogP contribution in [-0.4, -0.2) is 13.1 Å². The Morgan fingerprint density at radius 1 is 1.43 bits per heavy atom. The number of hydrogen-bond acceptors (Lipinski definition) is 1. The van der Waals surface area contributed by atoms with Gasteiger partial charge < -0.3 is 5.32 Å². The number of hydrogen-bond donors (Lipinski definition) is 1. The van der Waals surface area contributed by atoms with E-state index in [0.29, 0.717) is 11.5 Å². The fourth-order valence-corrected chi connectivity index (χ4v) is 1.39. The van der Waals surface area contributed by atoms with E-state index >= 15 is 0 Å². The Morgan fingerprint density at radius 3 is 2.71 bits per heavy atom. The molecule has 1 N–H and O–H groups in total. The predicted octanol–water partition coefficient (Wildman–Crippen LogP) is 2.85. The van der Waals surface area contributed by atoms with Crippen LogP contribution in [0.25, 0.3) is 0 Å². The van der Waals surface area contributed by atoms with E-state index in [1.807, 2.05) is 12.1 Å². The molecule has 0 amide bonds. The Balaban J connectivity index is 2.70. The first-order chi connectivity index (χ1) is 6.65. The molecule has 1 atom stereocenters. The summed E-state index contributed by atoms with van der Waals surface area (Å²) in [5.74, 6) is 0.260. The molecule has 0 spiro atoms. The first-order valence-electron chi connectivity index (χ1n) is 5.12. The Bertz CT molecular complexity index is 296. The third-order valence-corrected chi connectivity index (χ3v) is 2.47. The fraction of sp³-hybridized carbons (Fsp3) is 0.500. The van der Waals surface area contributed by atoms with Crippen LogP contribution in [0.2, 0.25) is 0 Å². The van der Waals surface area contributed by atoms with Crippen LogP contribution in [0.3, 0.4) is 0 Å². The molecule has 1 aromatic rings. The lowest BCUT2D eigenvalue weighted by molar-refractivity contribution is 0.601. The summed E-state index contributed by atoms with van der Waals surface area (Å²) < 4.78 is 13.2. The predicted molar refractivity (Wildman–Crippen MR) is 58.1 cm³/mol. The number of aryl methyl sites for hydroxylation is 1. The minimum Gasteiger partial charge on any atom is -0.316 e. The number of rotatable bonds is 4. The minimum absolute atomic E-state index is 0.106. The number of benzene rings is 1. The van der Waals surface area contributed by atoms with Gasteiger partial charge in [0.1, 0.15) is 5.82 Å². The second kappa shape index (κ2) is 5.11. The van der Waals surface area contributed by atoms with E-state index in [1.165, 1.54) is 0 Å². The molecule has 0 fully saturated rings. The van der Waals surface area contributed by atoms with Gasteiger partial charge in [-0.3, -0.25) is 0 Å². The van der Waals surface area contributed by atoms with Gasteiger partial charge in [-0.25, -0.2) is 4.39 Å². The topological polar surface area (TPSA) is 12.0 Å². The second-order valence-corrected chi connectivity index (χ2v) is 3.72. The normalized spacial score (nSPS) is 12.9. The zero-order valence-corrected chi connectivity index (χ0v) is 9.10. The lowest BCUT2D eigenvalue weighted by atomic mass is 10.00. The van der Waals surface area contributed by atoms with Gasteiger partial charge in [0, 0.05) is 6.54 Å². The Morgan fingerprint density at radius 2 is 2.14 bits per heavy atom. The van der Waals surface area contributed by atoms with Crippen molar-refractivity contribution in [2.24, 2.45) is 0 Å². The van der Waals surface area contributed by atoms with E-state index < -0.39 is 0 Å². The summed E-state index contributed by atoms with van der Waals surface area (Å²) in [6.07, 6.45) is 0. The largest absolute Gasteiger partial charge is 0.316 e. The van der Waals surface area contributed by atoms with Crippen molar-refractivity contribution in [2.45, 2.75) is 26.7 Å². The molecule has 0 bridgehead atoms. The molecule has 1 rings (SSSR count). The van der Waals surface area contributed by atoms with Gasteiger partial charge in [0.05, 0.1) is 0 Å². The van der Waals surface area contributed by atoms with Gasteiger partial charge in [0.15, 0.2) is 0 Å². The minimum atomic E-state index is -0.106. The maximum Gasteiger partial charge on any atom is 0.126 e. The molecule has 0 radical (unpaired) electrons. The third kappa shape index (κ3) is 2.81. The second-order valence-electron chi connectivity index (χ2n) is 3.72. The lowest BCUT2D eigenvalue weighted by Crippen LogP contribution is -2.19. The fourth-order valence-electron chi connectivity index (χ4n) is 1.39. The van der Waals surface area contributed by atoms with E-state index in [-0.39, 0.29) is 5.82 Å². The molecule has 0 saturated heterocycles. The van der Waals surface area contributed by atoms with Crippen molar-refractivity contribution in [1.29, 1.82) is 0 Å². The quantitative estimate of drug-likeness (QED) is 0.779. The van der Waals surface area contributed by atoms with Gasteiger partial charge in [-0.15, -0.1) is 0 Å². The van der Waals surface area contributed by atoms with Gasteiger partial charge in [-0.2, -0.15) is 0 Å². The lowest BCUT2D eigenvalue weighted by Gasteiger charge is -2.12. The van der Waals surface area contributed by atoms with Crippen molar-refractivity contribution in [3.05, 3.63) is 35.1 Å². The zero-order valence-electron chi connectivity index (χ0n) is 9.10. The first-order valence-corrected chi connectivity index (χ1v) is 5.12. The highest BCUT2D eigenvalue weighted by atomic mass is 19.1. The average molecular weight is 195 g/mol. The Kier molecular flexibility index (Phi) is 4.08. The highest BCUT2D eigenvalue weighted by molar-refractivity contribution is 5.25. The van der Waals surface area contributed by atoms with E-state index in [1.54, 1.807) is 13.0 Å². The van der Waals surface area contributed by atoms with Crippen LogP contribution in [0.15, 0.2) is 18.2 Å². The SMILES string of the molecule is CCNCC(C)c1ccc(C)c(F)c1. The number of likely N-dealkylation sites (N-methyl/N-ethyl adjacent to an activating group) is 1. The molecular weight excluding hydrogens is 177 g/mol.